The number of anilines is 1. The molecule has 1 rings (SSSR count). The van der Waals surface area contributed by atoms with Crippen LogP contribution in [0.15, 0.2) is 6.20 Å². The van der Waals surface area contributed by atoms with Gasteiger partial charge in [-0.15, -0.1) is 0 Å². The van der Waals surface area contributed by atoms with E-state index in [1.807, 2.05) is 20.8 Å². The fraction of sp³-hybridized carbons (Fsp3) is 0.500. The van der Waals surface area contributed by atoms with Crippen LogP contribution in [0.2, 0.25) is 0 Å². The molecule has 66 valence electrons. The maximum Gasteiger partial charge on any atom is 0.155 e. The molecule has 0 bridgehead atoms. The lowest BCUT2D eigenvalue weighted by Crippen LogP contribution is -2.24. The molecule has 4 nitrogen and oxygen atoms in total. The van der Waals surface area contributed by atoms with Crippen LogP contribution in [0.3, 0.4) is 0 Å². The third-order valence-electron chi connectivity index (χ3n) is 1.60. The number of nitrogens with two attached hydrogens (primary N) is 1. The number of aldehydes is 1. The predicted molar refractivity (Wildman–Crippen MR) is 47.0 cm³/mol. The first-order chi connectivity index (χ1) is 5.46. The van der Waals surface area contributed by atoms with Gasteiger partial charge in [-0.2, -0.15) is 5.10 Å². The van der Waals surface area contributed by atoms with Gasteiger partial charge in [0.05, 0.1) is 17.3 Å². The molecule has 0 saturated carbocycles. The number of carbonyl (C=O) groups excluding carboxylic acids is 1. The third-order valence-corrected chi connectivity index (χ3v) is 1.60. The fourth-order valence-corrected chi connectivity index (χ4v) is 0.996. The molecule has 0 unspecified atom stereocenters. The number of hydrogen-bond acceptors (Lipinski definition) is 3. The highest BCUT2D eigenvalue weighted by atomic mass is 16.1. The summed E-state index contributed by atoms with van der Waals surface area (Å²) in [6.45, 7) is 5.93. The monoisotopic (exact) mass is 167 g/mol. The van der Waals surface area contributed by atoms with E-state index in [4.69, 9.17) is 5.73 Å². The smallest absolute Gasteiger partial charge is 0.155 e. The zero-order valence-corrected chi connectivity index (χ0v) is 7.53. The van der Waals surface area contributed by atoms with E-state index < -0.39 is 0 Å². The Hall–Kier alpha value is -1.32. The lowest BCUT2D eigenvalue weighted by atomic mass is 10.1. The van der Waals surface area contributed by atoms with Gasteiger partial charge in [0.25, 0.3) is 0 Å². The zero-order chi connectivity index (χ0) is 9.35. The Morgan fingerprint density at radius 2 is 2.17 bits per heavy atom. The van der Waals surface area contributed by atoms with E-state index in [0.717, 1.165) is 0 Å². The largest absolute Gasteiger partial charge is 0.383 e. The molecule has 2 N–H and O–H groups in total. The molecule has 1 aromatic heterocycles. The molecule has 0 amide bonds. The van der Waals surface area contributed by atoms with Crippen molar-refractivity contribution in [2.75, 3.05) is 5.73 Å². The van der Waals surface area contributed by atoms with Crippen LogP contribution in [-0.4, -0.2) is 16.1 Å². The van der Waals surface area contributed by atoms with Crippen LogP contribution < -0.4 is 5.73 Å². The molecule has 12 heavy (non-hydrogen) atoms. The average molecular weight is 167 g/mol. The van der Waals surface area contributed by atoms with Crippen molar-refractivity contribution in [2.24, 2.45) is 0 Å². The van der Waals surface area contributed by atoms with Crippen molar-refractivity contribution >= 4 is 12.1 Å². The van der Waals surface area contributed by atoms with Crippen LogP contribution in [0.25, 0.3) is 0 Å². The van der Waals surface area contributed by atoms with Crippen LogP contribution in [0.4, 0.5) is 5.82 Å². The first kappa shape index (κ1) is 8.77. The summed E-state index contributed by atoms with van der Waals surface area (Å²) in [4.78, 5) is 10.4. The number of nitrogen functional groups attached to an aromatic ring is 1. The first-order valence-electron chi connectivity index (χ1n) is 3.76. The van der Waals surface area contributed by atoms with Gasteiger partial charge in [0.2, 0.25) is 0 Å². The Bertz CT molecular complexity index is 296. The molecular weight excluding hydrogens is 154 g/mol. The third kappa shape index (κ3) is 1.32. The number of hydrogen-bond donors (Lipinski definition) is 1. The quantitative estimate of drug-likeness (QED) is 0.635. The van der Waals surface area contributed by atoms with Crippen LogP contribution in [0.1, 0.15) is 31.1 Å². The second kappa shape index (κ2) is 2.62. The minimum absolute atomic E-state index is 0.175. The van der Waals surface area contributed by atoms with Crippen molar-refractivity contribution in [3.05, 3.63) is 11.8 Å². The second-order valence-corrected chi connectivity index (χ2v) is 3.69. The van der Waals surface area contributed by atoms with Gasteiger partial charge >= 0.3 is 0 Å². The maximum absolute atomic E-state index is 10.4. The first-order valence-corrected chi connectivity index (χ1v) is 3.76. The molecule has 0 radical (unpaired) electrons. The summed E-state index contributed by atoms with van der Waals surface area (Å²) in [6, 6.07) is 0. The Morgan fingerprint density at radius 1 is 1.58 bits per heavy atom. The zero-order valence-electron chi connectivity index (χ0n) is 7.53. The summed E-state index contributed by atoms with van der Waals surface area (Å²) in [5, 5.41) is 4.02. The number of rotatable bonds is 1. The summed E-state index contributed by atoms with van der Waals surface area (Å²) in [7, 11) is 0. The Morgan fingerprint density at radius 3 is 2.42 bits per heavy atom. The summed E-state index contributed by atoms with van der Waals surface area (Å²) in [5.41, 5.74) is 5.94. The van der Waals surface area contributed by atoms with Crippen molar-refractivity contribution in [3.8, 4) is 0 Å². The van der Waals surface area contributed by atoms with Crippen molar-refractivity contribution in [3.63, 3.8) is 0 Å². The summed E-state index contributed by atoms with van der Waals surface area (Å²) < 4.78 is 1.64. The van der Waals surface area contributed by atoms with Crippen LogP contribution in [0.5, 0.6) is 0 Å². The minimum Gasteiger partial charge on any atom is -0.383 e. The standard InChI is InChI=1S/C8H13N3O/c1-8(2,3)11-7(9)6(5-12)4-10-11/h4-5H,9H2,1-3H3. The molecule has 0 aliphatic heterocycles. The molecule has 0 spiro atoms. The lowest BCUT2D eigenvalue weighted by Gasteiger charge is -2.20. The predicted octanol–water partition coefficient (Wildman–Crippen LogP) is 1.03. The minimum atomic E-state index is -0.175. The highest BCUT2D eigenvalue weighted by Gasteiger charge is 2.18. The van der Waals surface area contributed by atoms with Crippen molar-refractivity contribution in [1.82, 2.24) is 9.78 Å². The van der Waals surface area contributed by atoms with Gasteiger partial charge in [-0.05, 0) is 20.8 Å². The van der Waals surface area contributed by atoms with Gasteiger partial charge in [0.1, 0.15) is 5.82 Å². The van der Waals surface area contributed by atoms with E-state index >= 15 is 0 Å². The van der Waals surface area contributed by atoms with Gasteiger partial charge in [-0.3, -0.25) is 4.79 Å². The highest BCUT2D eigenvalue weighted by molar-refractivity contribution is 5.81. The normalized spacial score (nSPS) is 11.6. The maximum atomic E-state index is 10.4. The van der Waals surface area contributed by atoms with Gasteiger partial charge in [0.15, 0.2) is 6.29 Å². The van der Waals surface area contributed by atoms with Gasteiger partial charge in [-0.1, -0.05) is 0 Å². The number of carbonyl (C=O) groups is 1. The highest BCUT2D eigenvalue weighted by Crippen LogP contribution is 2.19. The van der Waals surface area contributed by atoms with Crippen molar-refractivity contribution in [2.45, 2.75) is 26.3 Å². The molecule has 0 saturated heterocycles. The summed E-state index contributed by atoms with van der Waals surface area (Å²) >= 11 is 0. The summed E-state index contributed by atoms with van der Waals surface area (Å²) in [6.07, 6.45) is 2.19. The SMILES string of the molecule is CC(C)(C)n1ncc(C=O)c1N. The number of nitrogens with zero attached hydrogens (tertiary/aromatic N) is 2. The van der Waals surface area contributed by atoms with E-state index in [9.17, 15) is 4.79 Å². The second-order valence-electron chi connectivity index (χ2n) is 3.69. The van der Waals surface area contributed by atoms with Gasteiger partial charge in [-0.25, -0.2) is 4.68 Å². The van der Waals surface area contributed by atoms with Gasteiger partial charge in [0, 0.05) is 0 Å². The molecule has 4 heteroatoms. The van der Waals surface area contributed by atoms with E-state index in [-0.39, 0.29) is 5.54 Å². The molecule has 1 heterocycles. The van der Waals surface area contributed by atoms with Crippen LogP contribution in [-0.2, 0) is 5.54 Å². The van der Waals surface area contributed by atoms with Crippen LogP contribution in [0, 0.1) is 0 Å². The number of aromatic nitrogens is 2. The molecule has 1 aromatic rings. The Labute approximate surface area is 71.4 Å². The lowest BCUT2D eigenvalue weighted by molar-refractivity contribution is 0.112. The molecule has 0 aromatic carbocycles. The molecule has 0 aliphatic rings. The molecular formula is C8H13N3O. The van der Waals surface area contributed by atoms with E-state index in [0.29, 0.717) is 17.7 Å². The molecule has 0 atom stereocenters. The Balaban J connectivity index is 3.19. The van der Waals surface area contributed by atoms with E-state index in [1.54, 1.807) is 4.68 Å². The molecule has 0 aliphatic carbocycles. The van der Waals surface area contributed by atoms with Gasteiger partial charge < -0.3 is 5.73 Å². The van der Waals surface area contributed by atoms with Crippen molar-refractivity contribution in [1.29, 1.82) is 0 Å². The van der Waals surface area contributed by atoms with Crippen molar-refractivity contribution < 1.29 is 4.79 Å². The average Bonchev–Trinajstić information content (AvgIpc) is 2.29. The Kier molecular flexibility index (Phi) is 1.92. The van der Waals surface area contributed by atoms with Crippen LogP contribution >= 0.6 is 0 Å². The molecule has 0 fully saturated rings. The summed E-state index contributed by atoms with van der Waals surface area (Å²) in [5.74, 6) is 0.428. The topological polar surface area (TPSA) is 60.9 Å². The van der Waals surface area contributed by atoms with E-state index in [1.165, 1.54) is 6.20 Å². The fourth-order valence-electron chi connectivity index (χ4n) is 0.996. The van der Waals surface area contributed by atoms with E-state index in [2.05, 4.69) is 5.10 Å².